The van der Waals surface area contributed by atoms with Crippen molar-refractivity contribution in [1.29, 1.82) is 0 Å². The number of thioether (sulfide) groups is 1. The number of nitrogens with zero attached hydrogens (tertiary/aromatic N) is 1. The van der Waals surface area contributed by atoms with Crippen molar-refractivity contribution >= 4 is 32.9 Å². The molecular weight excluding hydrogens is 338 g/mol. The van der Waals surface area contributed by atoms with Crippen molar-refractivity contribution in [3.05, 3.63) is 29.8 Å². The quantitative estimate of drug-likeness (QED) is 0.751. The van der Waals surface area contributed by atoms with Crippen molar-refractivity contribution in [1.82, 2.24) is 14.9 Å². The fourth-order valence-electron chi connectivity index (χ4n) is 2.06. The van der Waals surface area contributed by atoms with Crippen molar-refractivity contribution in [3.8, 4) is 0 Å². The van der Waals surface area contributed by atoms with Gasteiger partial charge < -0.3 is 10.2 Å². The van der Waals surface area contributed by atoms with Crippen LogP contribution in [0.15, 0.2) is 29.2 Å². The third kappa shape index (κ3) is 4.95. The summed E-state index contributed by atoms with van der Waals surface area (Å²) in [4.78, 5) is 25.0. The summed E-state index contributed by atoms with van der Waals surface area (Å²) in [7, 11) is -2.09. The van der Waals surface area contributed by atoms with Crippen LogP contribution in [0.5, 0.6) is 0 Å². The number of amides is 2. The summed E-state index contributed by atoms with van der Waals surface area (Å²) in [5.41, 5.74) is 0.807. The van der Waals surface area contributed by atoms with Gasteiger partial charge in [-0.1, -0.05) is 23.9 Å². The molecule has 0 spiro atoms. The van der Waals surface area contributed by atoms with Gasteiger partial charge in [-0.05, 0) is 24.7 Å². The average molecular weight is 357 g/mol. The first-order valence-electron chi connectivity index (χ1n) is 7.13. The predicted octanol–water partition coefficient (Wildman–Crippen LogP) is 0.770. The van der Waals surface area contributed by atoms with Gasteiger partial charge >= 0.3 is 0 Å². The van der Waals surface area contributed by atoms with Crippen LogP contribution in [0.1, 0.15) is 12.0 Å². The minimum Gasteiger partial charge on any atom is -0.352 e. The van der Waals surface area contributed by atoms with Gasteiger partial charge in [0.2, 0.25) is 15.9 Å². The first-order chi connectivity index (χ1) is 10.9. The Morgan fingerprint density at radius 2 is 2.00 bits per heavy atom. The lowest BCUT2D eigenvalue weighted by Gasteiger charge is -2.14. The first kappa shape index (κ1) is 17.8. The maximum atomic E-state index is 11.8. The fraction of sp³-hybridized carbons (Fsp3) is 0.429. The highest BCUT2D eigenvalue weighted by atomic mass is 32.2. The highest BCUT2D eigenvalue weighted by Gasteiger charge is 2.21. The van der Waals surface area contributed by atoms with E-state index in [1.807, 2.05) is 0 Å². The second-order valence-corrected chi connectivity index (χ2v) is 7.91. The smallest absolute Gasteiger partial charge is 0.281 e. The van der Waals surface area contributed by atoms with Crippen LogP contribution in [0, 0.1) is 0 Å². The Hall–Kier alpha value is -1.58. The van der Waals surface area contributed by atoms with E-state index >= 15 is 0 Å². The molecule has 0 saturated carbocycles. The monoisotopic (exact) mass is 357 g/mol. The molecule has 23 heavy (non-hydrogen) atoms. The van der Waals surface area contributed by atoms with Crippen LogP contribution < -0.4 is 10.0 Å². The maximum Gasteiger partial charge on any atom is 0.281 e. The Labute approximate surface area is 139 Å². The first-order valence-corrected chi connectivity index (χ1v) is 9.60. The number of carbonyl (C=O) groups is 2. The third-order valence-corrected chi connectivity index (χ3v) is 5.77. The Morgan fingerprint density at radius 3 is 2.57 bits per heavy atom. The molecule has 0 radical (unpaired) electrons. The zero-order valence-corrected chi connectivity index (χ0v) is 14.4. The van der Waals surface area contributed by atoms with E-state index in [1.54, 1.807) is 17.0 Å². The SMILES string of the molecule is CNS(=O)(=O)c1ccc(CNC(=O)CCN2CCSC2=O)cc1. The van der Waals surface area contributed by atoms with Gasteiger partial charge in [0, 0.05) is 31.8 Å². The van der Waals surface area contributed by atoms with E-state index in [9.17, 15) is 18.0 Å². The molecular formula is C14H19N3O4S2. The standard InChI is InChI=1S/C14H19N3O4S2/c1-15-23(20,21)12-4-2-11(3-5-12)10-16-13(18)6-7-17-8-9-22-14(17)19/h2-5,15H,6-10H2,1H3,(H,16,18). The van der Waals surface area contributed by atoms with Gasteiger partial charge in [0.15, 0.2) is 0 Å². The second-order valence-electron chi connectivity index (χ2n) is 4.98. The highest BCUT2D eigenvalue weighted by molar-refractivity contribution is 8.13. The van der Waals surface area contributed by atoms with Gasteiger partial charge in [0.05, 0.1) is 4.90 Å². The summed E-state index contributed by atoms with van der Waals surface area (Å²) < 4.78 is 25.4. The largest absolute Gasteiger partial charge is 0.352 e. The molecule has 7 nitrogen and oxygen atoms in total. The van der Waals surface area contributed by atoms with E-state index in [4.69, 9.17) is 0 Å². The molecule has 0 bridgehead atoms. The fourth-order valence-corrected chi connectivity index (χ4v) is 3.64. The Morgan fingerprint density at radius 1 is 1.30 bits per heavy atom. The molecule has 0 aromatic heterocycles. The number of nitrogens with one attached hydrogen (secondary N) is 2. The van der Waals surface area contributed by atoms with Crippen LogP contribution in [-0.2, 0) is 21.4 Å². The topological polar surface area (TPSA) is 95.6 Å². The van der Waals surface area contributed by atoms with E-state index in [0.29, 0.717) is 19.6 Å². The molecule has 1 heterocycles. The average Bonchev–Trinajstić information content (AvgIpc) is 2.96. The van der Waals surface area contributed by atoms with E-state index in [1.165, 1.54) is 30.9 Å². The van der Waals surface area contributed by atoms with Crippen molar-refractivity contribution in [3.63, 3.8) is 0 Å². The predicted molar refractivity (Wildman–Crippen MR) is 88.6 cm³/mol. The van der Waals surface area contributed by atoms with Crippen LogP contribution in [0.25, 0.3) is 0 Å². The number of hydrogen-bond donors (Lipinski definition) is 2. The van der Waals surface area contributed by atoms with E-state index in [0.717, 1.165) is 11.3 Å². The minimum absolute atomic E-state index is 0.0270. The van der Waals surface area contributed by atoms with Gasteiger partial charge in [-0.25, -0.2) is 13.1 Å². The molecule has 1 aliphatic heterocycles. The Kier molecular flexibility index (Phi) is 6.03. The van der Waals surface area contributed by atoms with Gasteiger partial charge in [-0.2, -0.15) is 0 Å². The molecule has 0 unspecified atom stereocenters. The lowest BCUT2D eigenvalue weighted by molar-refractivity contribution is -0.121. The molecule has 0 aliphatic carbocycles. The lowest BCUT2D eigenvalue weighted by Crippen LogP contribution is -2.30. The summed E-state index contributed by atoms with van der Waals surface area (Å²) in [6.45, 7) is 1.44. The molecule has 1 fully saturated rings. The molecule has 1 aromatic rings. The Bertz CT molecular complexity index is 674. The van der Waals surface area contributed by atoms with Crippen molar-refractivity contribution in [2.45, 2.75) is 17.9 Å². The zero-order valence-electron chi connectivity index (χ0n) is 12.7. The molecule has 2 N–H and O–H groups in total. The van der Waals surface area contributed by atoms with Crippen LogP contribution in [0.3, 0.4) is 0 Å². The van der Waals surface area contributed by atoms with Gasteiger partial charge in [-0.15, -0.1) is 0 Å². The van der Waals surface area contributed by atoms with E-state index < -0.39 is 10.0 Å². The zero-order chi connectivity index (χ0) is 16.9. The van der Waals surface area contributed by atoms with E-state index in [2.05, 4.69) is 10.0 Å². The van der Waals surface area contributed by atoms with Crippen molar-refractivity contribution in [2.75, 3.05) is 25.9 Å². The van der Waals surface area contributed by atoms with Crippen molar-refractivity contribution in [2.24, 2.45) is 0 Å². The Balaban J connectivity index is 1.79. The van der Waals surface area contributed by atoms with Gasteiger partial charge in [-0.3, -0.25) is 9.59 Å². The summed E-state index contributed by atoms with van der Waals surface area (Å²) in [5, 5.41) is 2.79. The summed E-state index contributed by atoms with van der Waals surface area (Å²) in [6.07, 6.45) is 0.262. The van der Waals surface area contributed by atoms with E-state index in [-0.39, 0.29) is 22.5 Å². The maximum absolute atomic E-state index is 11.8. The summed E-state index contributed by atoms with van der Waals surface area (Å²) in [6, 6.07) is 6.30. The number of benzene rings is 1. The molecule has 9 heteroatoms. The molecule has 2 rings (SSSR count). The molecule has 0 atom stereocenters. The molecule has 2 amide bonds. The van der Waals surface area contributed by atoms with Gasteiger partial charge in [0.25, 0.3) is 5.24 Å². The van der Waals surface area contributed by atoms with Crippen LogP contribution >= 0.6 is 11.8 Å². The number of sulfonamides is 1. The van der Waals surface area contributed by atoms with Crippen LogP contribution in [-0.4, -0.2) is 50.4 Å². The minimum atomic E-state index is -3.45. The molecule has 126 valence electrons. The normalized spacial score (nSPS) is 15.0. The number of carbonyl (C=O) groups excluding carboxylic acids is 2. The lowest BCUT2D eigenvalue weighted by atomic mass is 10.2. The van der Waals surface area contributed by atoms with Crippen LogP contribution in [0.4, 0.5) is 4.79 Å². The number of rotatable bonds is 7. The van der Waals surface area contributed by atoms with Crippen LogP contribution in [0.2, 0.25) is 0 Å². The summed E-state index contributed by atoms with van der Waals surface area (Å²) >= 11 is 1.27. The third-order valence-electron chi connectivity index (χ3n) is 3.45. The van der Waals surface area contributed by atoms with Gasteiger partial charge in [0.1, 0.15) is 0 Å². The molecule has 1 aliphatic rings. The van der Waals surface area contributed by atoms with Crippen molar-refractivity contribution < 1.29 is 18.0 Å². The summed E-state index contributed by atoms with van der Waals surface area (Å²) in [5.74, 6) is 0.643. The highest BCUT2D eigenvalue weighted by Crippen LogP contribution is 2.17. The molecule has 1 saturated heterocycles. The second kappa shape index (κ2) is 7.80. The number of hydrogen-bond acceptors (Lipinski definition) is 5. The molecule has 1 aromatic carbocycles.